The Hall–Kier alpha value is -3.13. The number of pyridine rings is 1. The van der Waals surface area contributed by atoms with Crippen LogP contribution in [0.1, 0.15) is 18.5 Å². The van der Waals surface area contributed by atoms with Gasteiger partial charge in [-0.25, -0.2) is 4.98 Å². The summed E-state index contributed by atoms with van der Waals surface area (Å²) in [6, 6.07) is 18.2. The molecule has 0 radical (unpaired) electrons. The van der Waals surface area contributed by atoms with Crippen molar-refractivity contribution in [2.24, 2.45) is 5.92 Å². The third kappa shape index (κ3) is 2.99. The summed E-state index contributed by atoms with van der Waals surface area (Å²) in [6.45, 7) is 3.73. The molecule has 1 aromatic carbocycles. The first-order valence-corrected chi connectivity index (χ1v) is 8.47. The largest absolute Gasteiger partial charge is 0.310 e. The van der Waals surface area contributed by atoms with Crippen molar-refractivity contribution in [3.8, 4) is 28.8 Å². The summed E-state index contributed by atoms with van der Waals surface area (Å²) in [6.07, 6.45) is 2.24. The van der Waals surface area contributed by atoms with Gasteiger partial charge in [0.05, 0.1) is 11.4 Å². The van der Waals surface area contributed by atoms with Gasteiger partial charge in [0.1, 0.15) is 5.69 Å². The van der Waals surface area contributed by atoms with Crippen LogP contribution in [0.15, 0.2) is 54.6 Å². The molecule has 2 aromatic heterocycles. The monoisotopic (exact) mass is 329 g/mol. The Morgan fingerprint density at radius 1 is 1.04 bits per heavy atom. The summed E-state index contributed by atoms with van der Waals surface area (Å²) in [4.78, 5) is 6.57. The lowest BCUT2D eigenvalue weighted by atomic mass is 9.94. The van der Waals surface area contributed by atoms with Gasteiger partial charge in [0.25, 0.3) is 0 Å². The maximum Gasteiger partial charge on any atom is 0.179 e. The van der Waals surface area contributed by atoms with Crippen molar-refractivity contribution in [2.45, 2.75) is 12.8 Å². The van der Waals surface area contributed by atoms with Gasteiger partial charge >= 0.3 is 0 Å². The van der Waals surface area contributed by atoms with Crippen LogP contribution in [0.5, 0.6) is 0 Å². The van der Waals surface area contributed by atoms with Crippen molar-refractivity contribution >= 4 is 0 Å². The summed E-state index contributed by atoms with van der Waals surface area (Å²) >= 11 is 0. The molecule has 0 spiro atoms. The normalized spacial score (nSPS) is 19.8. The van der Waals surface area contributed by atoms with Crippen LogP contribution in [0.25, 0.3) is 22.6 Å². The fourth-order valence-electron chi connectivity index (χ4n) is 3.46. The molecule has 5 heteroatoms. The second kappa shape index (κ2) is 6.40. The standard InChI is InChI=1S/C20H19N5/c1-14-11-25(13-21)12-16(14)19-10-20(24-23-19)18-9-5-8-17(22-18)15-6-3-2-4-7-15/h2-10,14,16H,11-12H2,1H3,(H,23,24). The summed E-state index contributed by atoms with van der Waals surface area (Å²) in [5.74, 6) is 0.731. The third-order valence-electron chi connectivity index (χ3n) is 4.83. The summed E-state index contributed by atoms with van der Waals surface area (Å²) in [7, 11) is 0. The molecule has 5 nitrogen and oxygen atoms in total. The van der Waals surface area contributed by atoms with Crippen LogP contribution < -0.4 is 0 Å². The third-order valence-corrected chi connectivity index (χ3v) is 4.83. The zero-order valence-electron chi connectivity index (χ0n) is 14.1. The molecule has 0 saturated carbocycles. The van der Waals surface area contributed by atoms with Gasteiger partial charge in [0, 0.05) is 30.3 Å². The molecule has 1 fully saturated rings. The maximum absolute atomic E-state index is 9.11. The van der Waals surface area contributed by atoms with E-state index in [1.807, 2.05) is 41.3 Å². The zero-order chi connectivity index (χ0) is 17.2. The Morgan fingerprint density at radius 2 is 1.84 bits per heavy atom. The van der Waals surface area contributed by atoms with E-state index in [2.05, 4.69) is 41.5 Å². The van der Waals surface area contributed by atoms with E-state index in [0.29, 0.717) is 11.8 Å². The van der Waals surface area contributed by atoms with Crippen LogP contribution >= 0.6 is 0 Å². The molecule has 1 saturated heterocycles. The highest BCUT2D eigenvalue weighted by molar-refractivity contribution is 5.64. The number of rotatable bonds is 3. The van der Waals surface area contributed by atoms with Crippen LogP contribution in [0.2, 0.25) is 0 Å². The molecule has 2 atom stereocenters. The fraction of sp³-hybridized carbons (Fsp3) is 0.250. The molecule has 25 heavy (non-hydrogen) atoms. The van der Waals surface area contributed by atoms with Crippen molar-refractivity contribution in [1.82, 2.24) is 20.1 Å². The van der Waals surface area contributed by atoms with E-state index in [1.165, 1.54) is 0 Å². The molecule has 3 aromatic rings. The highest BCUT2D eigenvalue weighted by Gasteiger charge is 2.31. The molecular formula is C20H19N5. The molecule has 124 valence electrons. The molecule has 0 bridgehead atoms. The Labute approximate surface area is 146 Å². The number of benzene rings is 1. The minimum absolute atomic E-state index is 0.304. The summed E-state index contributed by atoms with van der Waals surface area (Å²) in [5, 5.41) is 16.7. The Bertz CT molecular complexity index is 909. The molecule has 2 unspecified atom stereocenters. The fourth-order valence-corrected chi connectivity index (χ4v) is 3.46. The molecule has 4 rings (SSSR count). The molecular weight excluding hydrogens is 310 g/mol. The lowest BCUT2D eigenvalue weighted by Gasteiger charge is -2.10. The summed E-state index contributed by atoms with van der Waals surface area (Å²) < 4.78 is 0. The van der Waals surface area contributed by atoms with Crippen LogP contribution in [0, 0.1) is 17.4 Å². The molecule has 0 aliphatic carbocycles. The van der Waals surface area contributed by atoms with Crippen molar-refractivity contribution in [2.75, 3.05) is 13.1 Å². The van der Waals surface area contributed by atoms with E-state index >= 15 is 0 Å². The predicted octanol–water partition coefficient (Wildman–Crippen LogP) is 3.66. The Balaban J connectivity index is 1.62. The number of H-pyrrole nitrogens is 1. The highest BCUT2D eigenvalue weighted by Crippen LogP contribution is 2.32. The van der Waals surface area contributed by atoms with Crippen molar-refractivity contribution < 1.29 is 0 Å². The lowest BCUT2D eigenvalue weighted by molar-refractivity contribution is 0.465. The maximum atomic E-state index is 9.11. The first-order valence-electron chi connectivity index (χ1n) is 8.47. The van der Waals surface area contributed by atoms with E-state index in [1.54, 1.807) is 0 Å². The Kier molecular flexibility index (Phi) is 3.95. The second-order valence-corrected chi connectivity index (χ2v) is 6.57. The van der Waals surface area contributed by atoms with Crippen LogP contribution in [0.3, 0.4) is 0 Å². The number of hydrogen-bond donors (Lipinski definition) is 1. The van der Waals surface area contributed by atoms with E-state index < -0.39 is 0 Å². The van der Waals surface area contributed by atoms with E-state index in [4.69, 9.17) is 10.2 Å². The molecule has 1 aliphatic heterocycles. The summed E-state index contributed by atoms with van der Waals surface area (Å²) in [5.41, 5.74) is 4.80. The van der Waals surface area contributed by atoms with E-state index in [9.17, 15) is 0 Å². The van der Waals surface area contributed by atoms with Gasteiger partial charge in [-0.15, -0.1) is 0 Å². The average molecular weight is 329 g/mol. The minimum Gasteiger partial charge on any atom is -0.310 e. The number of nitriles is 1. The lowest BCUT2D eigenvalue weighted by Crippen LogP contribution is -2.12. The molecule has 1 aliphatic rings. The van der Waals surface area contributed by atoms with Gasteiger partial charge in [-0.2, -0.15) is 10.4 Å². The average Bonchev–Trinajstić information content (AvgIpc) is 3.29. The quantitative estimate of drug-likeness (QED) is 0.745. The SMILES string of the molecule is CC1CN(C#N)CC1c1cc(-c2cccc(-c3ccccc3)n2)n[nH]1. The van der Waals surface area contributed by atoms with Crippen molar-refractivity contribution in [3.05, 3.63) is 60.3 Å². The minimum atomic E-state index is 0.304. The van der Waals surface area contributed by atoms with Gasteiger partial charge in [-0.05, 0) is 24.1 Å². The van der Waals surface area contributed by atoms with Crippen LogP contribution in [-0.2, 0) is 0 Å². The topological polar surface area (TPSA) is 68.6 Å². The van der Waals surface area contributed by atoms with Crippen molar-refractivity contribution in [1.29, 1.82) is 5.26 Å². The first-order chi connectivity index (χ1) is 12.2. The van der Waals surface area contributed by atoms with E-state index in [-0.39, 0.29) is 0 Å². The Morgan fingerprint density at radius 3 is 2.60 bits per heavy atom. The van der Waals surface area contributed by atoms with Crippen LogP contribution in [0.4, 0.5) is 0 Å². The molecule has 1 N–H and O–H groups in total. The number of nitrogens with one attached hydrogen (secondary N) is 1. The van der Waals surface area contributed by atoms with E-state index in [0.717, 1.165) is 41.4 Å². The van der Waals surface area contributed by atoms with Gasteiger partial charge < -0.3 is 4.90 Å². The van der Waals surface area contributed by atoms with Gasteiger partial charge in [0.15, 0.2) is 6.19 Å². The number of likely N-dealkylation sites (tertiary alicyclic amines) is 1. The van der Waals surface area contributed by atoms with Gasteiger partial charge in [-0.1, -0.05) is 43.3 Å². The van der Waals surface area contributed by atoms with Crippen LogP contribution in [-0.4, -0.2) is 33.2 Å². The smallest absolute Gasteiger partial charge is 0.179 e. The zero-order valence-corrected chi connectivity index (χ0v) is 14.1. The highest BCUT2D eigenvalue weighted by atomic mass is 15.2. The number of nitrogens with zero attached hydrogens (tertiary/aromatic N) is 4. The first kappa shape index (κ1) is 15.4. The second-order valence-electron chi connectivity index (χ2n) is 6.57. The molecule has 0 amide bonds. The van der Waals surface area contributed by atoms with Gasteiger partial charge in [0.2, 0.25) is 0 Å². The predicted molar refractivity (Wildman–Crippen MR) is 96.3 cm³/mol. The van der Waals surface area contributed by atoms with Gasteiger partial charge in [-0.3, -0.25) is 5.10 Å². The molecule has 3 heterocycles. The van der Waals surface area contributed by atoms with Crippen molar-refractivity contribution in [3.63, 3.8) is 0 Å². The number of hydrogen-bond acceptors (Lipinski definition) is 4. The number of aromatic nitrogens is 3. The number of aromatic amines is 1.